The van der Waals surface area contributed by atoms with Gasteiger partial charge in [0, 0.05) is 13.1 Å². The van der Waals surface area contributed by atoms with Crippen molar-refractivity contribution in [2.24, 2.45) is 10.9 Å². The van der Waals surface area contributed by atoms with E-state index < -0.39 is 6.10 Å². The number of halogens is 1. The Morgan fingerprint density at radius 1 is 1.26 bits per heavy atom. The molecule has 0 radical (unpaired) electrons. The number of aliphatic hydroxyl groups is 1. The first-order chi connectivity index (χ1) is 11.0. The normalized spacial score (nSPS) is 13.0. The average Bonchev–Trinajstić information content (AvgIpc) is 2.51. The Balaban J connectivity index is 2.36. The molecule has 0 aliphatic rings. The van der Waals surface area contributed by atoms with E-state index in [1.165, 1.54) is 24.3 Å². The second kappa shape index (κ2) is 10.8. The topological polar surface area (TPSA) is 65.9 Å². The van der Waals surface area contributed by atoms with Crippen LogP contribution in [0.5, 0.6) is 5.75 Å². The summed E-state index contributed by atoms with van der Waals surface area (Å²) in [4.78, 5) is 4.34. The third-order valence-corrected chi connectivity index (χ3v) is 3.07. The molecule has 5 nitrogen and oxygen atoms in total. The van der Waals surface area contributed by atoms with Crippen LogP contribution < -0.4 is 15.4 Å². The molecule has 1 aromatic carbocycles. The van der Waals surface area contributed by atoms with Gasteiger partial charge in [-0.25, -0.2) is 4.39 Å². The van der Waals surface area contributed by atoms with Gasteiger partial charge in [-0.2, -0.15) is 0 Å². The molecule has 0 aromatic heterocycles. The molecule has 0 spiro atoms. The van der Waals surface area contributed by atoms with Crippen molar-refractivity contribution in [2.45, 2.75) is 33.3 Å². The van der Waals surface area contributed by atoms with E-state index in [9.17, 15) is 9.50 Å². The number of hydrogen-bond acceptors (Lipinski definition) is 3. The highest BCUT2D eigenvalue weighted by Gasteiger charge is 2.06. The van der Waals surface area contributed by atoms with E-state index in [0.717, 1.165) is 19.5 Å². The number of nitrogens with one attached hydrogen (secondary N) is 2. The summed E-state index contributed by atoms with van der Waals surface area (Å²) in [5, 5.41) is 16.3. The Bertz CT molecular complexity index is 463. The molecule has 23 heavy (non-hydrogen) atoms. The summed E-state index contributed by atoms with van der Waals surface area (Å²) < 4.78 is 18.2. The van der Waals surface area contributed by atoms with Crippen LogP contribution in [0.4, 0.5) is 4.39 Å². The maximum absolute atomic E-state index is 12.8. The highest BCUT2D eigenvalue weighted by atomic mass is 19.1. The van der Waals surface area contributed by atoms with Crippen LogP contribution in [-0.4, -0.2) is 43.4 Å². The first-order valence-corrected chi connectivity index (χ1v) is 8.09. The van der Waals surface area contributed by atoms with Crippen molar-refractivity contribution < 1.29 is 14.2 Å². The minimum atomic E-state index is -0.722. The van der Waals surface area contributed by atoms with Crippen LogP contribution in [0.25, 0.3) is 0 Å². The van der Waals surface area contributed by atoms with Gasteiger partial charge < -0.3 is 20.5 Å². The molecule has 1 aromatic rings. The number of nitrogens with zero attached hydrogens (tertiary/aromatic N) is 1. The summed E-state index contributed by atoms with van der Waals surface area (Å²) in [7, 11) is 0. The Hall–Kier alpha value is -1.82. The lowest BCUT2D eigenvalue weighted by Gasteiger charge is -2.14. The lowest BCUT2D eigenvalue weighted by atomic mass is 10.1. The minimum absolute atomic E-state index is 0.112. The highest BCUT2D eigenvalue weighted by Crippen LogP contribution is 2.11. The molecule has 1 rings (SSSR count). The fourth-order valence-corrected chi connectivity index (χ4v) is 1.79. The second-order valence-electron chi connectivity index (χ2n) is 5.75. The smallest absolute Gasteiger partial charge is 0.191 e. The van der Waals surface area contributed by atoms with Crippen LogP contribution in [0, 0.1) is 11.7 Å². The number of aliphatic hydroxyl groups excluding tert-OH is 1. The summed E-state index contributed by atoms with van der Waals surface area (Å²) in [6.07, 6.45) is 0.335. The molecule has 1 atom stereocenters. The molecular weight excluding hydrogens is 297 g/mol. The molecule has 0 heterocycles. The Kier molecular flexibility index (Phi) is 9.05. The molecule has 0 aliphatic heterocycles. The molecule has 0 fully saturated rings. The summed E-state index contributed by atoms with van der Waals surface area (Å²) in [5.74, 6) is 1.52. The summed E-state index contributed by atoms with van der Waals surface area (Å²) >= 11 is 0. The van der Waals surface area contributed by atoms with E-state index in [1.807, 2.05) is 6.92 Å². The lowest BCUT2D eigenvalue weighted by Crippen LogP contribution is -2.39. The lowest BCUT2D eigenvalue weighted by molar-refractivity contribution is 0.114. The van der Waals surface area contributed by atoms with Crippen LogP contribution >= 0.6 is 0 Å². The van der Waals surface area contributed by atoms with Gasteiger partial charge in [0.1, 0.15) is 24.3 Å². The van der Waals surface area contributed by atoms with Crippen LogP contribution in [0.15, 0.2) is 29.3 Å². The van der Waals surface area contributed by atoms with Gasteiger partial charge in [-0.15, -0.1) is 0 Å². The summed E-state index contributed by atoms with van der Waals surface area (Å²) in [5.41, 5.74) is 0. The molecule has 6 heteroatoms. The molecule has 0 bridgehead atoms. The first kappa shape index (κ1) is 19.2. The molecule has 0 saturated heterocycles. The van der Waals surface area contributed by atoms with E-state index >= 15 is 0 Å². The number of benzene rings is 1. The van der Waals surface area contributed by atoms with Gasteiger partial charge in [0.2, 0.25) is 0 Å². The fraction of sp³-hybridized carbons (Fsp3) is 0.588. The molecule has 130 valence electrons. The van der Waals surface area contributed by atoms with Crippen molar-refractivity contribution in [1.29, 1.82) is 0 Å². The Morgan fingerprint density at radius 2 is 1.96 bits per heavy atom. The number of hydrogen-bond donors (Lipinski definition) is 3. The standard InChI is InChI=1S/C17H28FN3O2/c1-4-19-17(20-10-9-13(2)3)21-11-15(22)12-23-16-7-5-14(18)6-8-16/h5-8,13,15,22H,4,9-12H2,1-3H3,(H2,19,20,21). The molecule has 1 unspecified atom stereocenters. The van der Waals surface area contributed by atoms with Gasteiger partial charge in [0.05, 0.1) is 6.54 Å². The van der Waals surface area contributed by atoms with E-state index in [1.54, 1.807) is 0 Å². The second-order valence-corrected chi connectivity index (χ2v) is 5.75. The predicted octanol–water partition coefficient (Wildman–Crippen LogP) is 2.17. The summed E-state index contributed by atoms with van der Waals surface area (Å²) in [6, 6.07) is 5.70. The molecule has 0 amide bonds. The fourth-order valence-electron chi connectivity index (χ4n) is 1.79. The van der Waals surface area contributed by atoms with Gasteiger partial charge in [0.25, 0.3) is 0 Å². The molecule has 0 saturated carbocycles. The maximum atomic E-state index is 12.8. The zero-order valence-corrected chi connectivity index (χ0v) is 14.2. The third kappa shape index (κ3) is 9.03. The average molecular weight is 325 g/mol. The minimum Gasteiger partial charge on any atom is -0.491 e. The number of rotatable bonds is 9. The SMILES string of the molecule is CCNC(=NCC(O)COc1ccc(F)cc1)NCCC(C)C. The molecule has 3 N–H and O–H groups in total. The van der Waals surface area contributed by atoms with E-state index in [0.29, 0.717) is 17.6 Å². The third-order valence-electron chi connectivity index (χ3n) is 3.07. The number of guanidine groups is 1. The predicted molar refractivity (Wildman–Crippen MR) is 91.3 cm³/mol. The Labute approximate surface area is 138 Å². The first-order valence-electron chi connectivity index (χ1n) is 8.09. The zero-order valence-electron chi connectivity index (χ0n) is 14.2. The van der Waals surface area contributed by atoms with Gasteiger partial charge in [-0.1, -0.05) is 13.8 Å². The van der Waals surface area contributed by atoms with Gasteiger partial charge in [0.15, 0.2) is 5.96 Å². The largest absolute Gasteiger partial charge is 0.491 e. The van der Waals surface area contributed by atoms with Crippen molar-refractivity contribution in [3.05, 3.63) is 30.1 Å². The van der Waals surface area contributed by atoms with Crippen LogP contribution in [0.3, 0.4) is 0 Å². The number of aliphatic imine (C=N–C) groups is 1. The van der Waals surface area contributed by atoms with Crippen LogP contribution in [0.1, 0.15) is 27.2 Å². The highest BCUT2D eigenvalue weighted by molar-refractivity contribution is 5.79. The van der Waals surface area contributed by atoms with Crippen molar-refractivity contribution in [1.82, 2.24) is 10.6 Å². The van der Waals surface area contributed by atoms with Gasteiger partial charge in [-0.05, 0) is 43.5 Å². The molecule has 0 aliphatic carbocycles. The van der Waals surface area contributed by atoms with Crippen molar-refractivity contribution >= 4 is 5.96 Å². The van der Waals surface area contributed by atoms with Gasteiger partial charge >= 0.3 is 0 Å². The number of ether oxygens (including phenoxy) is 1. The van der Waals surface area contributed by atoms with E-state index in [-0.39, 0.29) is 19.0 Å². The quantitative estimate of drug-likeness (QED) is 0.481. The zero-order chi connectivity index (χ0) is 17.1. The van der Waals surface area contributed by atoms with Crippen LogP contribution in [-0.2, 0) is 0 Å². The maximum Gasteiger partial charge on any atom is 0.191 e. The monoisotopic (exact) mass is 325 g/mol. The Morgan fingerprint density at radius 3 is 2.57 bits per heavy atom. The van der Waals surface area contributed by atoms with Crippen LogP contribution in [0.2, 0.25) is 0 Å². The van der Waals surface area contributed by atoms with Gasteiger partial charge in [-0.3, -0.25) is 4.99 Å². The van der Waals surface area contributed by atoms with Crippen molar-refractivity contribution in [2.75, 3.05) is 26.2 Å². The van der Waals surface area contributed by atoms with E-state index in [2.05, 4.69) is 29.5 Å². The summed E-state index contributed by atoms with van der Waals surface area (Å²) in [6.45, 7) is 8.28. The van der Waals surface area contributed by atoms with Crippen molar-refractivity contribution in [3.63, 3.8) is 0 Å². The molecular formula is C17H28FN3O2. The van der Waals surface area contributed by atoms with Crippen molar-refractivity contribution in [3.8, 4) is 5.75 Å². The van der Waals surface area contributed by atoms with E-state index in [4.69, 9.17) is 4.74 Å².